The second kappa shape index (κ2) is 3.81. The van der Waals surface area contributed by atoms with E-state index in [1.807, 2.05) is 0 Å². The van der Waals surface area contributed by atoms with Gasteiger partial charge in [0, 0.05) is 6.04 Å². The molecule has 0 radical (unpaired) electrons. The molecule has 1 saturated carbocycles. The quantitative estimate of drug-likeness (QED) is 0.614. The van der Waals surface area contributed by atoms with Gasteiger partial charge in [0.05, 0.1) is 5.92 Å². The van der Waals surface area contributed by atoms with E-state index in [4.69, 9.17) is 10.2 Å². The van der Waals surface area contributed by atoms with Gasteiger partial charge in [0.2, 0.25) is 0 Å². The van der Waals surface area contributed by atoms with E-state index in [1.165, 1.54) is 0 Å². The fourth-order valence-corrected chi connectivity index (χ4v) is 2.75. The van der Waals surface area contributed by atoms with Crippen LogP contribution in [0.2, 0.25) is 0 Å². The van der Waals surface area contributed by atoms with Crippen LogP contribution < -0.4 is 5.32 Å². The third-order valence-electron chi connectivity index (χ3n) is 3.59. The lowest BCUT2D eigenvalue weighted by atomic mass is 9.79. The van der Waals surface area contributed by atoms with Gasteiger partial charge in [-0.05, 0) is 31.6 Å². The largest absolute Gasteiger partial charge is 0.481 e. The summed E-state index contributed by atoms with van der Waals surface area (Å²) in [6.07, 6.45) is 2.74. The van der Waals surface area contributed by atoms with E-state index in [2.05, 4.69) is 5.32 Å². The van der Waals surface area contributed by atoms with Gasteiger partial charge in [0.25, 0.3) is 0 Å². The Morgan fingerprint density at radius 2 is 1.80 bits per heavy atom. The minimum absolute atomic E-state index is 0.0842. The number of fused-ring (bicyclic) bond motifs is 1. The first-order valence-electron chi connectivity index (χ1n) is 5.29. The number of aliphatic carboxylic acids is 2. The Hall–Kier alpha value is -1.10. The van der Waals surface area contributed by atoms with E-state index in [-0.39, 0.29) is 12.0 Å². The molecule has 0 aromatic heterocycles. The molecule has 1 saturated heterocycles. The minimum Gasteiger partial charge on any atom is -0.481 e. The summed E-state index contributed by atoms with van der Waals surface area (Å²) in [5.74, 6) is -1.53. The molecule has 1 aliphatic heterocycles. The van der Waals surface area contributed by atoms with E-state index in [0.717, 1.165) is 6.42 Å². The number of carboxylic acids is 2. The van der Waals surface area contributed by atoms with Crippen LogP contribution in [0.25, 0.3) is 0 Å². The van der Waals surface area contributed by atoms with E-state index in [0.29, 0.717) is 25.2 Å². The third kappa shape index (κ3) is 1.97. The first-order valence-corrected chi connectivity index (χ1v) is 5.29. The molecule has 15 heavy (non-hydrogen) atoms. The summed E-state index contributed by atoms with van der Waals surface area (Å²) in [4.78, 5) is 21.6. The van der Waals surface area contributed by atoms with Gasteiger partial charge in [-0.15, -0.1) is 0 Å². The van der Waals surface area contributed by atoms with Gasteiger partial charge in [-0.1, -0.05) is 0 Å². The maximum atomic E-state index is 10.8. The molecule has 3 N–H and O–H groups in total. The molecular formula is C10H15NO4. The first kappa shape index (κ1) is 10.4. The highest BCUT2D eigenvalue weighted by molar-refractivity contribution is 5.74. The molecule has 1 heterocycles. The van der Waals surface area contributed by atoms with Crippen LogP contribution in [0, 0.1) is 11.8 Å². The van der Waals surface area contributed by atoms with Crippen molar-refractivity contribution in [3.8, 4) is 0 Å². The monoisotopic (exact) mass is 213 g/mol. The summed E-state index contributed by atoms with van der Waals surface area (Å²) in [7, 11) is 0. The second-order valence-electron chi connectivity index (χ2n) is 4.51. The van der Waals surface area contributed by atoms with Crippen LogP contribution >= 0.6 is 0 Å². The summed E-state index contributed by atoms with van der Waals surface area (Å²) in [6.45, 7) is 0. The van der Waals surface area contributed by atoms with E-state index < -0.39 is 18.0 Å². The highest BCUT2D eigenvalue weighted by atomic mass is 16.4. The summed E-state index contributed by atoms with van der Waals surface area (Å²) >= 11 is 0. The van der Waals surface area contributed by atoms with Crippen LogP contribution in [-0.4, -0.2) is 34.2 Å². The number of hydrogen-bond donors (Lipinski definition) is 3. The Balaban J connectivity index is 1.98. The van der Waals surface area contributed by atoms with Gasteiger partial charge in [-0.3, -0.25) is 9.59 Å². The van der Waals surface area contributed by atoms with Crippen molar-refractivity contribution in [2.75, 3.05) is 0 Å². The lowest BCUT2D eigenvalue weighted by molar-refractivity contribution is -0.143. The van der Waals surface area contributed by atoms with Gasteiger partial charge in [-0.25, -0.2) is 0 Å². The topological polar surface area (TPSA) is 86.6 Å². The Bertz CT molecular complexity index is 279. The molecule has 4 atom stereocenters. The average molecular weight is 213 g/mol. The van der Waals surface area contributed by atoms with Crippen molar-refractivity contribution < 1.29 is 19.8 Å². The van der Waals surface area contributed by atoms with Crippen LogP contribution in [0.15, 0.2) is 0 Å². The molecule has 0 aromatic carbocycles. The molecule has 5 nitrogen and oxygen atoms in total. The predicted molar refractivity (Wildman–Crippen MR) is 51.4 cm³/mol. The van der Waals surface area contributed by atoms with Crippen molar-refractivity contribution in [3.63, 3.8) is 0 Å². The molecule has 0 aromatic rings. The molecule has 2 rings (SSSR count). The lowest BCUT2D eigenvalue weighted by Crippen LogP contribution is -2.40. The lowest BCUT2D eigenvalue weighted by Gasteiger charge is -2.28. The van der Waals surface area contributed by atoms with Gasteiger partial charge < -0.3 is 15.5 Å². The van der Waals surface area contributed by atoms with Crippen LogP contribution in [-0.2, 0) is 9.59 Å². The summed E-state index contributed by atoms with van der Waals surface area (Å²) in [5.41, 5.74) is 0. The van der Waals surface area contributed by atoms with Crippen molar-refractivity contribution in [1.29, 1.82) is 0 Å². The first-order chi connectivity index (χ1) is 7.08. The molecule has 0 spiro atoms. The molecule has 4 unspecified atom stereocenters. The van der Waals surface area contributed by atoms with Crippen molar-refractivity contribution in [1.82, 2.24) is 5.32 Å². The molecule has 2 fully saturated rings. The summed E-state index contributed by atoms with van der Waals surface area (Å²) in [5, 5.41) is 20.8. The van der Waals surface area contributed by atoms with Gasteiger partial charge in [-0.2, -0.15) is 0 Å². The highest BCUT2D eigenvalue weighted by Crippen LogP contribution is 2.36. The Labute approximate surface area is 87.5 Å². The molecule has 2 aliphatic rings. The molecule has 5 heteroatoms. The normalized spacial score (nSPS) is 39.7. The molecule has 0 bridgehead atoms. The zero-order chi connectivity index (χ0) is 11.0. The number of hydrogen-bond acceptors (Lipinski definition) is 3. The van der Waals surface area contributed by atoms with Crippen LogP contribution in [0.4, 0.5) is 0 Å². The maximum Gasteiger partial charge on any atom is 0.320 e. The SMILES string of the molecule is O=C(O)C1CCC2CC(C(=O)O)NC2C1. The van der Waals surface area contributed by atoms with Gasteiger partial charge in [0.1, 0.15) is 6.04 Å². The van der Waals surface area contributed by atoms with Crippen LogP contribution in [0.3, 0.4) is 0 Å². The number of nitrogens with one attached hydrogen (secondary N) is 1. The summed E-state index contributed by atoms with van der Waals surface area (Å²) < 4.78 is 0. The zero-order valence-electron chi connectivity index (χ0n) is 8.35. The van der Waals surface area contributed by atoms with Gasteiger partial charge in [0.15, 0.2) is 0 Å². The fraction of sp³-hybridized carbons (Fsp3) is 0.800. The Morgan fingerprint density at radius 3 is 2.40 bits per heavy atom. The molecule has 1 aliphatic carbocycles. The molecule has 84 valence electrons. The average Bonchev–Trinajstić information content (AvgIpc) is 2.59. The fourth-order valence-electron chi connectivity index (χ4n) is 2.75. The van der Waals surface area contributed by atoms with Crippen LogP contribution in [0.1, 0.15) is 25.7 Å². The standard InChI is InChI=1S/C10H15NO4/c12-9(13)6-2-1-5-3-8(10(14)15)11-7(5)4-6/h5-8,11H,1-4H2,(H,12,13)(H,14,15). The van der Waals surface area contributed by atoms with E-state index in [9.17, 15) is 9.59 Å². The van der Waals surface area contributed by atoms with Crippen molar-refractivity contribution in [2.45, 2.75) is 37.8 Å². The minimum atomic E-state index is -0.823. The second-order valence-corrected chi connectivity index (χ2v) is 4.51. The van der Waals surface area contributed by atoms with Gasteiger partial charge >= 0.3 is 11.9 Å². The number of carboxylic acid groups (broad SMARTS) is 2. The van der Waals surface area contributed by atoms with Crippen molar-refractivity contribution in [2.24, 2.45) is 11.8 Å². The van der Waals surface area contributed by atoms with E-state index >= 15 is 0 Å². The van der Waals surface area contributed by atoms with E-state index in [1.54, 1.807) is 0 Å². The highest BCUT2D eigenvalue weighted by Gasteiger charge is 2.42. The smallest absolute Gasteiger partial charge is 0.320 e. The number of rotatable bonds is 2. The molecular weight excluding hydrogens is 198 g/mol. The predicted octanol–water partition coefficient (Wildman–Crippen LogP) is 0.302. The van der Waals surface area contributed by atoms with Crippen molar-refractivity contribution in [3.05, 3.63) is 0 Å². The van der Waals surface area contributed by atoms with Crippen molar-refractivity contribution >= 4 is 11.9 Å². The maximum absolute atomic E-state index is 10.8. The summed E-state index contributed by atoms with van der Waals surface area (Å²) in [6, 6.07) is -0.395. The van der Waals surface area contributed by atoms with Crippen LogP contribution in [0.5, 0.6) is 0 Å². The zero-order valence-corrected chi connectivity index (χ0v) is 8.35. The number of carbonyl (C=O) groups is 2. The Morgan fingerprint density at radius 1 is 1.07 bits per heavy atom. The Kier molecular flexibility index (Phi) is 2.65. The molecule has 0 amide bonds. The third-order valence-corrected chi connectivity index (χ3v) is 3.59.